The summed E-state index contributed by atoms with van der Waals surface area (Å²) in [5, 5.41) is 10.2. The minimum Gasteiger partial charge on any atom is -0.325 e. The summed E-state index contributed by atoms with van der Waals surface area (Å²) >= 11 is 1.60. The van der Waals surface area contributed by atoms with Crippen molar-refractivity contribution in [1.82, 2.24) is 9.88 Å². The topological polar surface area (TPSA) is 89.3 Å². The number of nitrogens with zero attached hydrogens (tertiary/aromatic N) is 3. The van der Waals surface area contributed by atoms with E-state index < -0.39 is 0 Å². The van der Waals surface area contributed by atoms with Crippen molar-refractivity contribution in [3.63, 3.8) is 0 Å². The van der Waals surface area contributed by atoms with Crippen molar-refractivity contribution >= 4 is 28.5 Å². The number of aromatic amines is 1. The number of hydrogen-bond donors (Lipinski definition) is 1. The van der Waals surface area contributed by atoms with Crippen LogP contribution < -0.4 is 5.56 Å². The Bertz CT molecular complexity index is 1080. The first-order chi connectivity index (χ1) is 13.8. The fourth-order valence-electron chi connectivity index (χ4n) is 3.51. The average Bonchev–Trinajstić information content (AvgIpc) is 3.01. The van der Waals surface area contributed by atoms with Gasteiger partial charge in [0.05, 0.1) is 5.69 Å². The molecule has 1 fully saturated rings. The number of carbonyl (C=O) groups excluding carboxylic acids is 1. The lowest BCUT2D eigenvalue weighted by Gasteiger charge is -2.17. The van der Waals surface area contributed by atoms with Crippen molar-refractivity contribution in [2.75, 3.05) is 6.54 Å². The van der Waals surface area contributed by atoms with Gasteiger partial charge >= 0.3 is 0 Å². The fourth-order valence-corrected chi connectivity index (χ4v) is 4.55. The number of carbonyl (C=O) groups is 1. The minimum atomic E-state index is -0.380. The predicted molar refractivity (Wildman–Crippen MR) is 117 cm³/mol. The van der Waals surface area contributed by atoms with Gasteiger partial charge in [-0.05, 0) is 56.0 Å². The van der Waals surface area contributed by atoms with Gasteiger partial charge in [-0.15, -0.1) is 0 Å². The monoisotopic (exact) mass is 408 g/mol. The van der Waals surface area contributed by atoms with Crippen LogP contribution in [0.5, 0.6) is 0 Å². The lowest BCUT2D eigenvalue weighted by atomic mass is 9.99. The van der Waals surface area contributed by atoms with Crippen LogP contribution in [0.15, 0.2) is 34.1 Å². The molecule has 0 bridgehead atoms. The molecule has 1 aromatic heterocycles. The summed E-state index contributed by atoms with van der Waals surface area (Å²) < 4.78 is 0. The van der Waals surface area contributed by atoms with Crippen molar-refractivity contribution in [3.05, 3.63) is 62.6 Å². The average molecular weight is 409 g/mol. The summed E-state index contributed by atoms with van der Waals surface area (Å²) in [6.45, 7) is 8.29. The van der Waals surface area contributed by atoms with Gasteiger partial charge in [-0.25, -0.2) is 4.99 Å². The zero-order chi connectivity index (χ0) is 21.1. The van der Waals surface area contributed by atoms with E-state index in [1.807, 2.05) is 37.3 Å². The maximum absolute atomic E-state index is 13.0. The summed E-state index contributed by atoms with van der Waals surface area (Å²) in [5.74, 6) is -0.00300. The van der Waals surface area contributed by atoms with Crippen LogP contribution in [0.1, 0.15) is 41.3 Å². The van der Waals surface area contributed by atoms with Gasteiger partial charge in [0, 0.05) is 23.9 Å². The largest absolute Gasteiger partial charge is 0.325 e. The zero-order valence-corrected chi connectivity index (χ0v) is 17.9. The third-order valence-corrected chi connectivity index (χ3v) is 6.09. The zero-order valence-electron chi connectivity index (χ0n) is 17.1. The molecule has 0 unspecified atom stereocenters. The molecular formula is C22H24N4O2S. The molecule has 6 nitrogen and oxygen atoms in total. The van der Waals surface area contributed by atoms with Gasteiger partial charge in [-0.3, -0.25) is 14.5 Å². The van der Waals surface area contributed by atoms with E-state index in [-0.39, 0.29) is 22.3 Å². The van der Waals surface area contributed by atoms with Gasteiger partial charge < -0.3 is 4.98 Å². The van der Waals surface area contributed by atoms with E-state index >= 15 is 0 Å². The highest BCUT2D eigenvalue weighted by Gasteiger charge is 2.30. The maximum Gasteiger partial charge on any atom is 0.266 e. The summed E-state index contributed by atoms with van der Waals surface area (Å²) in [6, 6.07) is 9.86. The van der Waals surface area contributed by atoms with Gasteiger partial charge in [0.2, 0.25) is 5.91 Å². The Hall–Kier alpha value is -2.85. The number of thioether (sulfide) groups is 1. The number of amidine groups is 1. The summed E-state index contributed by atoms with van der Waals surface area (Å²) in [4.78, 5) is 34.0. The number of aromatic nitrogens is 1. The standard InChI is InChI=1S/C22H24N4O2S/c1-13-6-5-7-17(10-13)25-22-26(12-14(2)29-22)20(27)9-8-18-15(3)19(11-23)21(28)24-16(18)4/h5-7,10,14H,8-9,12H2,1-4H3,(H,24,28)/t14-/m0/s1. The molecule has 7 heteroatoms. The van der Waals surface area contributed by atoms with Crippen molar-refractivity contribution < 1.29 is 4.79 Å². The number of rotatable bonds is 4. The SMILES string of the molecule is Cc1cccc(N=C2S[C@@H](C)CN2C(=O)CCc2c(C)[nH]c(=O)c(C#N)c2C)c1. The highest BCUT2D eigenvalue weighted by atomic mass is 32.2. The lowest BCUT2D eigenvalue weighted by Crippen LogP contribution is -2.32. The Kier molecular flexibility index (Phi) is 6.23. The molecule has 0 spiro atoms. The van der Waals surface area contributed by atoms with Crippen LogP contribution in [-0.4, -0.2) is 32.8 Å². The third-order valence-electron chi connectivity index (χ3n) is 5.01. The minimum absolute atomic E-state index is 0.00300. The summed E-state index contributed by atoms with van der Waals surface area (Å²) in [5.41, 5.74) is 3.91. The Morgan fingerprint density at radius 2 is 2.14 bits per heavy atom. The second-order valence-electron chi connectivity index (χ2n) is 7.34. The molecule has 150 valence electrons. The first kappa shape index (κ1) is 20.9. The molecule has 2 aromatic rings. The molecule has 1 amide bonds. The first-order valence-corrected chi connectivity index (χ1v) is 10.4. The first-order valence-electron chi connectivity index (χ1n) is 9.55. The summed E-state index contributed by atoms with van der Waals surface area (Å²) in [6.07, 6.45) is 0.758. The molecule has 0 saturated carbocycles. The fraction of sp³-hybridized carbons (Fsp3) is 0.364. The second-order valence-corrected chi connectivity index (χ2v) is 8.74. The number of nitrogens with one attached hydrogen (secondary N) is 1. The molecule has 1 aromatic carbocycles. The van der Waals surface area contributed by atoms with E-state index in [0.29, 0.717) is 30.6 Å². The number of pyridine rings is 1. The Balaban J connectivity index is 1.80. The quantitative estimate of drug-likeness (QED) is 0.834. The van der Waals surface area contributed by atoms with Crippen LogP contribution in [0.25, 0.3) is 0 Å². The number of H-pyrrole nitrogens is 1. The lowest BCUT2D eigenvalue weighted by molar-refractivity contribution is -0.127. The number of hydrogen-bond acceptors (Lipinski definition) is 5. The van der Waals surface area contributed by atoms with E-state index in [0.717, 1.165) is 22.0 Å². The molecule has 0 radical (unpaired) electrons. The van der Waals surface area contributed by atoms with Crippen molar-refractivity contribution in [2.45, 2.75) is 45.8 Å². The van der Waals surface area contributed by atoms with Crippen LogP contribution in [0.4, 0.5) is 5.69 Å². The summed E-state index contributed by atoms with van der Waals surface area (Å²) in [7, 11) is 0. The number of aryl methyl sites for hydroxylation is 2. The molecule has 1 saturated heterocycles. The van der Waals surface area contributed by atoms with Crippen LogP contribution >= 0.6 is 11.8 Å². The molecule has 2 heterocycles. The van der Waals surface area contributed by atoms with Gasteiger partial charge in [0.15, 0.2) is 5.17 Å². The smallest absolute Gasteiger partial charge is 0.266 e. The molecule has 3 rings (SSSR count). The normalized spacial score (nSPS) is 17.6. The van der Waals surface area contributed by atoms with Crippen LogP contribution in [-0.2, 0) is 11.2 Å². The number of nitriles is 1. The van der Waals surface area contributed by atoms with Gasteiger partial charge in [-0.2, -0.15) is 5.26 Å². The Morgan fingerprint density at radius 3 is 2.83 bits per heavy atom. The van der Waals surface area contributed by atoms with E-state index in [4.69, 9.17) is 4.99 Å². The molecule has 1 aliphatic rings. The highest BCUT2D eigenvalue weighted by molar-refractivity contribution is 8.14. The Labute approximate surface area is 174 Å². The van der Waals surface area contributed by atoms with E-state index in [2.05, 4.69) is 11.9 Å². The maximum atomic E-state index is 13.0. The van der Waals surface area contributed by atoms with Gasteiger partial charge in [0.1, 0.15) is 11.6 Å². The predicted octanol–water partition coefficient (Wildman–Crippen LogP) is 3.76. The van der Waals surface area contributed by atoms with Crippen molar-refractivity contribution in [2.24, 2.45) is 4.99 Å². The molecule has 1 atom stereocenters. The van der Waals surface area contributed by atoms with Gasteiger partial charge in [-0.1, -0.05) is 30.8 Å². The van der Waals surface area contributed by atoms with Crippen LogP contribution in [0.2, 0.25) is 0 Å². The molecular weight excluding hydrogens is 384 g/mol. The van der Waals surface area contributed by atoms with Crippen LogP contribution in [0, 0.1) is 32.1 Å². The highest BCUT2D eigenvalue weighted by Crippen LogP contribution is 2.29. The van der Waals surface area contributed by atoms with E-state index in [1.54, 1.807) is 30.5 Å². The number of benzene rings is 1. The van der Waals surface area contributed by atoms with Crippen molar-refractivity contribution in [3.8, 4) is 6.07 Å². The molecule has 1 aliphatic heterocycles. The molecule has 29 heavy (non-hydrogen) atoms. The number of amides is 1. The van der Waals surface area contributed by atoms with Crippen LogP contribution in [0.3, 0.4) is 0 Å². The third kappa shape index (κ3) is 4.60. The second kappa shape index (κ2) is 8.66. The Morgan fingerprint density at radius 1 is 1.38 bits per heavy atom. The van der Waals surface area contributed by atoms with Crippen molar-refractivity contribution in [1.29, 1.82) is 5.26 Å². The van der Waals surface area contributed by atoms with Gasteiger partial charge in [0.25, 0.3) is 5.56 Å². The molecule has 1 N–H and O–H groups in total. The van der Waals surface area contributed by atoms with E-state index in [9.17, 15) is 14.9 Å². The number of aliphatic imine (C=N–C) groups is 1. The van der Waals surface area contributed by atoms with E-state index in [1.165, 1.54) is 0 Å². The molecule has 0 aliphatic carbocycles.